The van der Waals surface area contributed by atoms with Crippen molar-refractivity contribution in [1.29, 1.82) is 0 Å². The first-order valence-corrected chi connectivity index (χ1v) is 16.4. The summed E-state index contributed by atoms with van der Waals surface area (Å²) in [5.74, 6) is -0.247. The van der Waals surface area contributed by atoms with Gasteiger partial charge in [-0.25, -0.2) is 4.90 Å². The minimum absolute atomic E-state index is 0.144. The van der Waals surface area contributed by atoms with E-state index in [9.17, 15) is 9.59 Å². The first-order valence-electron chi connectivity index (χ1n) is 16.4. The molecule has 0 radical (unpaired) electrons. The molecule has 0 aliphatic carbocycles. The molecule has 0 bridgehead atoms. The lowest BCUT2D eigenvalue weighted by atomic mass is 9.74. The third-order valence-electron chi connectivity index (χ3n) is 10.8. The highest BCUT2D eigenvalue weighted by atomic mass is 16.7. The molecule has 1 fully saturated rings. The summed E-state index contributed by atoms with van der Waals surface area (Å²) in [5, 5.41) is 8.13. The molecule has 230 valence electrons. The van der Waals surface area contributed by atoms with Crippen LogP contribution in [0, 0.1) is 0 Å². The van der Waals surface area contributed by atoms with E-state index in [4.69, 9.17) is 9.31 Å². The van der Waals surface area contributed by atoms with Gasteiger partial charge in [-0.05, 0) is 106 Å². The highest BCUT2D eigenvalue weighted by Crippen LogP contribution is 2.46. The molecule has 0 N–H and O–H groups in total. The van der Waals surface area contributed by atoms with E-state index in [0.717, 1.165) is 65.4 Å². The zero-order valence-corrected chi connectivity index (χ0v) is 27.7. The van der Waals surface area contributed by atoms with Crippen LogP contribution >= 0.6 is 0 Å². The maximum atomic E-state index is 14.5. The molecular weight excluding hydrogens is 569 g/mol. The van der Waals surface area contributed by atoms with Gasteiger partial charge in [-0.2, -0.15) is 0 Å². The van der Waals surface area contributed by atoms with Crippen LogP contribution in [-0.2, 0) is 9.31 Å². The molecule has 6 heteroatoms. The average Bonchev–Trinajstić information content (AvgIpc) is 3.24. The Kier molecular flexibility index (Phi) is 6.11. The molecule has 0 saturated carbocycles. The lowest BCUT2D eigenvalue weighted by Gasteiger charge is -2.32. The number of imide groups is 1. The predicted molar refractivity (Wildman–Crippen MR) is 189 cm³/mol. The van der Waals surface area contributed by atoms with E-state index in [0.29, 0.717) is 11.1 Å². The summed E-state index contributed by atoms with van der Waals surface area (Å²) >= 11 is 0. The lowest BCUT2D eigenvalue weighted by molar-refractivity contribution is 0.00578. The topological polar surface area (TPSA) is 55.8 Å². The van der Waals surface area contributed by atoms with Crippen LogP contribution in [0.2, 0.25) is 0 Å². The normalized spacial score (nSPS) is 17.7. The molecule has 0 aromatic heterocycles. The van der Waals surface area contributed by atoms with Crippen molar-refractivity contribution in [3.8, 4) is 0 Å². The van der Waals surface area contributed by atoms with E-state index in [2.05, 4.69) is 97.9 Å². The van der Waals surface area contributed by atoms with Crippen LogP contribution in [0.5, 0.6) is 0 Å². The Morgan fingerprint density at radius 2 is 1.02 bits per heavy atom. The first kappa shape index (κ1) is 29.2. The van der Waals surface area contributed by atoms with Gasteiger partial charge in [0.15, 0.2) is 0 Å². The highest BCUT2D eigenvalue weighted by molar-refractivity contribution is 6.66. The molecular formula is C40H38BNO4. The second kappa shape index (κ2) is 9.63. The van der Waals surface area contributed by atoms with Crippen LogP contribution in [-0.4, -0.2) is 30.1 Å². The smallest absolute Gasteiger partial charge is 0.399 e. The summed E-state index contributed by atoms with van der Waals surface area (Å²) in [6, 6.07) is 24.7. The number of hydrogen-bond acceptors (Lipinski definition) is 4. The van der Waals surface area contributed by atoms with Gasteiger partial charge in [0.25, 0.3) is 11.8 Å². The minimum atomic E-state index is -0.489. The number of hydrogen-bond donors (Lipinski definition) is 0. The summed E-state index contributed by atoms with van der Waals surface area (Å²) in [7, 11) is -0.489. The van der Waals surface area contributed by atoms with Gasteiger partial charge in [0.05, 0.1) is 16.9 Å². The largest absolute Gasteiger partial charge is 0.495 e. The van der Waals surface area contributed by atoms with Crippen molar-refractivity contribution < 1.29 is 18.9 Å². The molecule has 2 aliphatic rings. The second-order valence-corrected chi connectivity index (χ2v) is 14.6. The zero-order chi connectivity index (χ0) is 32.4. The number of amides is 2. The molecule has 8 rings (SSSR count). The van der Waals surface area contributed by atoms with Crippen molar-refractivity contribution in [3.05, 3.63) is 95.1 Å². The second-order valence-electron chi connectivity index (χ2n) is 14.6. The fourth-order valence-electron chi connectivity index (χ4n) is 7.66. The Morgan fingerprint density at radius 1 is 0.565 bits per heavy atom. The zero-order valence-electron chi connectivity index (χ0n) is 27.7. The molecule has 2 amide bonds. The van der Waals surface area contributed by atoms with Crippen molar-refractivity contribution in [2.75, 3.05) is 4.90 Å². The molecule has 2 heterocycles. The van der Waals surface area contributed by atoms with Crippen molar-refractivity contribution >= 4 is 73.2 Å². The maximum absolute atomic E-state index is 14.5. The maximum Gasteiger partial charge on any atom is 0.495 e. The molecule has 0 unspecified atom stereocenters. The van der Waals surface area contributed by atoms with Gasteiger partial charge in [0, 0.05) is 16.5 Å². The summed E-state index contributed by atoms with van der Waals surface area (Å²) in [6.07, 6.45) is 0. The van der Waals surface area contributed by atoms with Gasteiger partial charge >= 0.3 is 7.12 Å². The molecule has 1 saturated heterocycles. The average molecular weight is 608 g/mol. The van der Waals surface area contributed by atoms with E-state index >= 15 is 0 Å². The summed E-state index contributed by atoms with van der Waals surface area (Å²) in [4.78, 5) is 30.4. The fourth-order valence-corrected chi connectivity index (χ4v) is 7.66. The number of carbonyl (C=O) groups is 2. The van der Waals surface area contributed by atoms with Crippen molar-refractivity contribution in [3.63, 3.8) is 0 Å². The molecule has 6 aromatic carbocycles. The van der Waals surface area contributed by atoms with Gasteiger partial charge in [-0.15, -0.1) is 0 Å². The Hall–Kier alpha value is -4.26. The summed E-state index contributed by atoms with van der Waals surface area (Å²) in [6.45, 7) is 16.7. The molecule has 0 atom stereocenters. The van der Waals surface area contributed by atoms with Crippen molar-refractivity contribution in [1.82, 2.24) is 0 Å². The predicted octanol–water partition coefficient (Wildman–Crippen LogP) is 9.08. The number of carbonyl (C=O) groups excluding carboxylic acids is 2. The van der Waals surface area contributed by atoms with Gasteiger partial charge < -0.3 is 9.31 Å². The fraction of sp³-hybridized carbons (Fsp3) is 0.300. The molecule has 6 aromatic rings. The monoisotopic (exact) mass is 607 g/mol. The SMILES string of the molecule is CC(C)c1cccc(C(C)C)c1N1C(=O)c2ccc3c4cccc5c(B6OC(C)(C)C(C)(C)O6)ccc(c6ccc(c2c36)C1=O)c54. The van der Waals surface area contributed by atoms with Gasteiger partial charge in [-0.3, -0.25) is 9.59 Å². The van der Waals surface area contributed by atoms with E-state index in [1.54, 1.807) is 0 Å². The van der Waals surface area contributed by atoms with Crippen molar-refractivity contribution in [2.45, 2.75) is 78.4 Å². The third-order valence-corrected chi connectivity index (χ3v) is 10.8. The van der Waals surface area contributed by atoms with E-state index in [-0.39, 0.29) is 23.7 Å². The van der Waals surface area contributed by atoms with Gasteiger partial charge in [0.1, 0.15) is 0 Å². The van der Waals surface area contributed by atoms with Crippen LogP contribution in [0.4, 0.5) is 5.69 Å². The van der Waals surface area contributed by atoms with Crippen LogP contribution in [0.25, 0.3) is 43.1 Å². The molecule has 2 aliphatic heterocycles. The quantitative estimate of drug-likeness (QED) is 0.0869. The number of rotatable bonds is 4. The van der Waals surface area contributed by atoms with E-state index < -0.39 is 18.3 Å². The van der Waals surface area contributed by atoms with Crippen LogP contribution in [0.15, 0.2) is 72.8 Å². The first-order chi connectivity index (χ1) is 21.8. The van der Waals surface area contributed by atoms with Crippen LogP contribution < -0.4 is 10.4 Å². The number of nitrogens with zero attached hydrogens (tertiary/aromatic N) is 1. The van der Waals surface area contributed by atoms with Crippen molar-refractivity contribution in [2.24, 2.45) is 0 Å². The minimum Gasteiger partial charge on any atom is -0.399 e. The number of benzene rings is 6. The molecule has 0 spiro atoms. The Bertz CT molecular complexity index is 2170. The molecule has 46 heavy (non-hydrogen) atoms. The molecule has 5 nitrogen and oxygen atoms in total. The Balaban J connectivity index is 1.38. The van der Waals surface area contributed by atoms with Gasteiger partial charge in [0.2, 0.25) is 0 Å². The number of fused-ring (bicyclic) bond motifs is 2. The lowest BCUT2D eigenvalue weighted by Crippen LogP contribution is -2.41. The van der Waals surface area contributed by atoms with Crippen LogP contribution in [0.3, 0.4) is 0 Å². The Labute approximate surface area is 269 Å². The van der Waals surface area contributed by atoms with Crippen LogP contribution in [0.1, 0.15) is 99.1 Å². The highest BCUT2D eigenvalue weighted by Gasteiger charge is 2.52. The summed E-state index contributed by atoms with van der Waals surface area (Å²) in [5.41, 5.74) is 3.95. The number of anilines is 1. The Morgan fingerprint density at radius 3 is 1.57 bits per heavy atom. The third kappa shape index (κ3) is 3.77. The van der Waals surface area contributed by atoms with E-state index in [1.807, 2.05) is 30.3 Å². The summed E-state index contributed by atoms with van der Waals surface area (Å²) < 4.78 is 13.0. The standard InChI is InChI=1S/C40H38BNO4/c1-21(2)23-11-9-12-24(22(3)4)36(23)42-37(43)30-17-15-27-25-13-10-14-29-32(41-45-39(5,6)40(7,8)46-41)20-19-26(33(25)29)28-16-18-31(38(42)44)35(30)34(27)28/h9-22H,1-8H3. The number of para-hydroxylation sites is 1. The van der Waals surface area contributed by atoms with E-state index in [1.165, 1.54) is 4.90 Å². The van der Waals surface area contributed by atoms with Gasteiger partial charge in [-0.1, -0.05) is 88.4 Å².